The molecule has 27 heavy (non-hydrogen) atoms. The molecule has 142 valence electrons. The first-order valence-electron chi connectivity index (χ1n) is 8.47. The number of aromatic nitrogens is 1. The van der Waals surface area contributed by atoms with Gasteiger partial charge >= 0.3 is 12.1 Å². The van der Waals surface area contributed by atoms with Crippen LogP contribution in [-0.2, 0) is 17.8 Å². The van der Waals surface area contributed by atoms with E-state index in [0.29, 0.717) is 12.4 Å². The molecular formula is C20H19F3N2O2. The Bertz CT molecular complexity index is 920. The normalized spacial score (nSPS) is 12.7. The lowest BCUT2D eigenvalue weighted by Crippen LogP contribution is -2.42. The number of carbonyl (C=O) groups is 1. The molecule has 4 nitrogen and oxygen atoms in total. The second-order valence-electron chi connectivity index (χ2n) is 6.37. The van der Waals surface area contributed by atoms with Gasteiger partial charge in [-0.25, -0.2) is 0 Å². The summed E-state index contributed by atoms with van der Waals surface area (Å²) in [4.78, 5) is 14.2. The standard InChI is InChI=1S/C20H19F3N2O2/c1-13(25-19(26)20(21,22)23)9-15-11-24-18-8-7-16(10-17(15)18)27-12-14-5-3-2-4-6-14/h2-8,10-11,13,24H,9,12H2,1H3,(H,25,26). The molecule has 0 saturated carbocycles. The van der Waals surface area contributed by atoms with E-state index in [4.69, 9.17) is 4.74 Å². The topological polar surface area (TPSA) is 54.1 Å². The van der Waals surface area contributed by atoms with E-state index in [0.717, 1.165) is 22.0 Å². The molecule has 1 unspecified atom stereocenters. The van der Waals surface area contributed by atoms with Crippen molar-refractivity contribution in [1.82, 2.24) is 10.3 Å². The predicted octanol–water partition coefficient (Wildman–Crippen LogP) is 4.36. The summed E-state index contributed by atoms with van der Waals surface area (Å²) in [6, 6.07) is 14.6. The summed E-state index contributed by atoms with van der Waals surface area (Å²) >= 11 is 0. The van der Waals surface area contributed by atoms with E-state index in [1.807, 2.05) is 53.8 Å². The fraction of sp³-hybridized carbons (Fsp3) is 0.250. The minimum absolute atomic E-state index is 0.268. The van der Waals surface area contributed by atoms with E-state index < -0.39 is 18.1 Å². The minimum atomic E-state index is -4.88. The first-order valence-corrected chi connectivity index (χ1v) is 8.47. The van der Waals surface area contributed by atoms with Crippen LogP contribution in [0.1, 0.15) is 18.1 Å². The molecule has 0 saturated heterocycles. The number of rotatable bonds is 6. The van der Waals surface area contributed by atoms with Gasteiger partial charge in [0.1, 0.15) is 12.4 Å². The van der Waals surface area contributed by atoms with Gasteiger partial charge in [0.15, 0.2) is 0 Å². The number of amides is 1. The summed E-state index contributed by atoms with van der Waals surface area (Å²) in [5, 5.41) is 2.83. The Morgan fingerprint density at radius 2 is 1.93 bits per heavy atom. The van der Waals surface area contributed by atoms with Crippen molar-refractivity contribution in [2.45, 2.75) is 32.2 Å². The maximum absolute atomic E-state index is 12.4. The summed E-state index contributed by atoms with van der Waals surface area (Å²) < 4.78 is 43.0. The maximum atomic E-state index is 12.4. The van der Waals surface area contributed by atoms with Gasteiger partial charge in [0.05, 0.1) is 0 Å². The molecule has 7 heteroatoms. The molecular weight excluding hydrogens is 357 g/mol. The van der Waals surface area contributed by atoms with Gasteiger partial charge < -0.3 is 15.0 Å². The van der Waals surface area contributed by atoms with Crippen molar-refractivity contribution < 1.29 is 22.7 Å². The summed E-state index contributed by atoms with van der Waals surface area (Å²) in [7, 11) is 0. The highest BCUT2D eigenvalue weighted by atomic mass is 19.4. The third-order valence-corrected chi connectivity index (χ3v) is 4.15. The van der Waals surface area contributed by atoms with E-state index in [9.17, 15) is 18.0 Å². The highest BCUT2D eigenvalue weighted by Gasteiger charge is 2.39. The quantitative estimate of drug-likeness (QED) is 0.672. The average Bonchev–Trinajstić information content (AvgIpc) is 3.02. The number of alkyl halides is 3. The average molecular weight is 376 g/mol. The van der Waals surface area contributed by atoms with Crippen LogP contribution in [-0.4, -0.2) is 23.1 Å². The van der Waals surface area contributed by atoms with Gasteiger partial charge in [-0.2, -0.15) is 13.2 Å². The molecule has 3 aromatic rings. The van der Waals surface area contributed by atoms with Crippen LogP contribution >= 0.6 is 0 Å². The smallest absolute Gasteiger partial charge is 0.471 e. The molecule has 0 spiro atoms. The molecule has 0 aliphatic heterocycles. The first kappa shape index (κ1) is 18.8. The molecule has 2 aromatic carbocycles. The number of fused-ring (bicyclic) bond motifs is 1. The van der Waals surface area contributed by atoms with E-state index in [1.54, 1.807) is 6.20 Å². The first-order chi connectivity index (χ1) is 12.8. The molecule has 0 fully saturated rings. The highest BCUT2D eigenvalue weighted by molar-refractivity contribution is 5.85. The molecule has 1 amide bonds. The Balaban J connectivity index is 1.70. The van der Waals surface area contributed by atoms with Gasteiger partial charge in [-0.15, -0.1) is 0 Å². The van der Waals surface area contributed by atoms with Crippen LogP contribution in [0.4, 0.5) is 13.2 Å². The van der Waals surface area contributed by atoms with E-state index >= 15 is 0 Å². The third-order valence-electron chi connectivity index (χ3n) is 4.15. The SMILES string of the molecule is CC(Cc1c[nH]c2ccc(OCc3ccccc3)cc12)NC(=O)C(F)(F)F. The lowest BCUT2D eigenvalue weighted by atomic mass is 10.1. The van der Waals surface area contributed by atoms with Crippen molar-refractivity contribution in [3.05, 3.63) is 65.9 Å². The lowest BCUT2D eigenvalue weighted by molar-refractivity contribution is -0.174. The zero-order valence-corrected chi connectivity index (χ0v) is 14.6. The number of hydrogen-bond donors (Lipinski definition) is 2. The van der Waals surface area contributed by atoms with Crippen molar-refractivity contribution in [3.63, 3.8) is 0 Å². The van der Waals surface area contributed by atoms with Crippen molar-refractivity contribution in [2.24, 2.45) is 0 Å². The summed E-state index contributed by atoms with van der Waals surface area (Å²) in [6.07, 6.45) is -2.88. The third kappa shape index (κ3) is 4.81. The zero-order valence-electron chi connectivity index (χ0n) is 14.6. The molecule has 0 radical (unpaired) electrons. The molecule has 1 atom stereocenters. The largest absolute Gasteiger partial charge is 0.489 e. The van der Waals surface area contributed by atoms with Crippen LogP contribution in [0.25, 0.3) is 10.9 Å². The van der Waals surface area contributed by atoms with Crippen molar-refractivity contribution in [1.29, 1.82) is 0 Å². The van der Waals surface area contributed by atoms with Gasteiger partial charge in [0.2, 0.25) is 0 Å². The summed E-state index contributed by atoms with van der Waals surface area (Å²) in [6.45, 7) is 1.96. The van der Waals surface area contributed by atoms with Gasteiger partial charge in [0.25, 0.3) is 0 Å². The number of nitrogens with one attached hydrogen (secondary N) is 2. The van der Waals surface area contributed by atoms with Crippen LogP contribution in [0.15, 0.2) is 54.7 Å². The van der Waals surface area contributed by atoms with Crippen LogP contribution in [0.5, 0.6) is 5.75 Å². The van der Waals surface area contributed by atoms with Crippen LogP contribution in [0.2, 0.25) is 0 Å². The number of H-pyrrole nitrogens is 1. The van der Waals surface area contributed by atoms with Crippen molar-refractivity contribution in [2.75, 3.05) is 0 Å². The van der Waals surface area contributed by atoms with Gasteiger partial charge in [-0.3, -0.25) is 4.79 Å². The predicted molar refractivity (Wildman–Crippen MR) is 96.4 cm³/mol. The number of benzene rings is 2. The monoisotopic (exact) mass is 376 g/mol. The zero-order chi connectivity index (χ0) is 19.4. The number of ether oxygens (including phenoxy) is 1. The molecule has 2 N–H and O–H groups in total. The minimum Gasteiger partial charge on any atom is -0.489 e. The summed E-state index contributed by atoms with van der Waals surface area (Å²) in [5.74, 6) is -1.26. The van der Waals surface area contributed by atoms with E-state index in [-0.39, 0.29) is 6.42 Å². The second-order valence-corrected chi connectivity index (χ2v) is 6.37. The Morgan fingerprint density at radius 3 is 2.63 bits per heavy atom. The summed E-state index contributed by atoms with van der Waals surface area (Å²) in [5.41, 5.74) is 2.70. The van der Waals surface area contributed by atoms with Crippen LogP contribution in [0.3, 0.4) is 0 Å². The highest BCUT2D eigenvalue weighted by Crippen LogP contribution is 2.25. The Morgan fingerprint density at radius 1 is 1.19 bits per heavy atom. The van der Waals surface area contributed by atoms with Crippen LogP contribution < -0.4 is 10.1 Å². The Labute approximate surface area is 154 Å². The van der Waals surface area contributed by atoms with Gasteiger partial charge in [0, 0.05) is 23.1 Å². The fourth-order valence-electron chi connectivity index (χ4n) is 2.84. The van der Waals surface area contributed by atoms with E-state index in [1.165, 1.54) is 6.92 Å². The Kier molecular flexibility index (Phi) is 5.39. The number of halogens is 3. The number of carbonyl (C=O) groups excluding carboxylic acids is 1. The molecule has 0 aliphatic carbocycles. The number of aromatic amines is 1. The molecule has 1 aromatic heterocycles. The Hall–Kier alpha value is -2.96. The second kappa shape index (κ2) is 7.73. The van der Waals surface area contributed by atoms with Crippen molar-refractivity contribution >= 4 is 16.8 Å². The van der Waals surface area contributed by atoms with Gasteiger partial charge in [-0.05, 0) is 42.7 Å². The number of hydrogen-bond acceptors (Lipinski definition) is 2. The van der Waals surface area contributed by atoms with E-state index in [2.05, 4.69) is 4.98 Å². The van der Waals surface area contributed by atoms with Crippen molar-refractivity contribution in [3.8, 4) is 5.75 Å². The van der Waals surface area contributed by atoms with Crippen LogP contribution in [0, 0.1) is 0 Å². The fourth-order valence-corrected chi connectivity index (χ4v) is 2.84. The lowest BCUT2D eigenvalue weighted by Gasteiger charge is -2.15. The molecule has 0 bridgehead atoms. The molecule has 1 heterocycles. The van der Waals surface area contributed by atoms with Gasteiger partial charge in [-0.1, -0.05) is 30.3 Å². The maximum Gasteiger partial charge on any atom is 0.471 e. The molecule has 3 rings (SSSR count). The molecule has 0 aliphatic rings.